The Bertz CT molecular complexity index is 640. The lowest BCUT2D eigenvalue weighted by Crippen LogP contribution is -2.35. The van der Waals surface area contributed by atoms with Gasteiger partial charge in [0.05, 0.1) is 12.0 Å². The summed E-state index contributed by atoms with van der Waals surface area (Å²) in [5.41, 5.74) is 1.04. The molecule has 7 heteroatoms. The molecule has 1 fully saturated rings. The number of nitrogens with zero attached hydrogens (tertiary/aromatic N) is 3. The fraction of sp³-hybridized carbons (Fsp3) is 0.533. The maximum Gasteiger partial charge on any atom is 0.249 e. The van der Waals surface area contributed by atoms with E-state index >= 15 is 0 Å². The Balaban J connectivity index is 1.84. The van der Waals surface area contributed by atoms with Crippen LogP contribution in [0.15, 0.2) is 21.3 Å². The third kappa shape index (κ3) is 2.78. The van der Waals surface area contributed by atoms with Gasteiger partial charge < -0.3 is 14.2 Å². The summed E-state index contributed by atoms with van der Waals surface area (Å²) in [4.78, 5) is 19.0. The molecule has 0 aliphatic carbocycles. The molecule has 0 bridgehead atoms. The smallest absolute Gasteiger partial charge is 0.249 e. The van der Waals surface area contributed by atoms with E-state index in [0.29, 0.717) is 24.7 Å². The number of aromatic nitrogens is 2. The number of carbonyl (C=O) groups excluding carboxylic acids is 1. The van der Waals surface area contributed by atoms with Crippen LogP contribution in [0, 0.1) is 6.92 Å². The summed E-state index contributed by atoms with van der Waals surface area (Å²) >= 11 is 1.60. The molecule has 0 radical (unpaired) electrons. The van der Waals surface area contributed by atoms with Gasteiger partial charge in [-0.3, -0.25) is 4.79 Å². The Labute approximate surface area is 133 Å². The molecule has 3 atom stereocenters. The zero-order chi connectivity index (χ0) is 15.7. The molecule has 22 heavy (non-hydrogen) atoms. The Kier molecular flexibility index (Phi) is 4.26. The van der Waals surface area contributed by atoms with E-state index < -0.39 is 0 Å². The number of hydrogen-bond acceptors (Lipinski definition) is 6. The summed E-state index contributed by atoms with van der Waals surface area (Å²) in [5.74, 6) is 0.948. The molecule has 1 aliphatic rings. The number of carbonyl (C=O) groups is 1. The van der Waals surface area contributed by atoms with Gasteiger partial charge in [-0.2, -0.15) is 16.3 Å². The fourth-order valence-corrected chi connectivity index (χ4v) is 3.56. The number of ether oxygens (including phenoxy) is 1. The van der Waals surface area contributed by atoms with E-state index in [2.05, 4.69) is 10.1 Å². The maximum atomic E-state index is 12.9. The van der Waals surface area contributed by atoms with Gasteiger partial charge in [-0.15, -0.1) is 0 Å². The van der Waals surface area contributed by atoms with Crippen molar-refractivity contribution in [1.82, 2.24) is 15.0 Å². The van der Waals surface area contributed by atoms with Crippen LogP contribution in [-0.2, 0) is 9.53 Å². The average Bonchev–Trinajstić information content (AvgIpc) is 3.25. The molecule has 118 valence electrons. The third-order valence-electron chi connectivity index (χ3n) is 4.12. The van der Waals surface area contributed by atoms with E-state index in [1.807, 2.05) is 28.7 Å². The predicted octanol–water partition coefficient (Wildman–Crippen LogP) is 2.53. The number of thiophene rings is 1. The van der Waals surface area contributed by atoms with Crippen molar-refractivity contribution in [2.75, 3.05) is 13.7 Å². The van der Waals surface area contributed by atoms with Crippen molar-refractivity contribution >= 4 is 17.2 Å². The van der Waals surface area contributed by atoms with Crippen LogP contribution in [0.4, 0.5) is 0 Å². The van der Waals surface area contributed by atoms with E-state index in [-0.39, 0.29) is 24.0 Å². The van der Waals surface area contributed by atoms with Crippen LogP contribution in [0.5, 0.6) is 0 Å². The molecule has 0 aromatic carbocycles. The first-order valence-electron chi connectivity index (χ1n) is 7.25. The minimum atomic E-state index is -0.209. The third-order valence-corrected chi connectivity index (χ3v) is 4.82. The van der Waals surface area contributed by atoms with Gasteiger partial charge in [0, 0.05) is 20.1 Å². The highest BCUT2D eigenvalue weighted by atomic mass is 32.1. The van der Waals surface area contributed by atoms with Crippen molar-refractivity contribution in [2.24, 2.45) is 0 Å². The lowest BCUT2D eigenvalue weighted by Gasteiger charge is -2.24. The monoisotopic (exact) mass is 321 g/mol. The van der Waals surface area contributed by atoms with Crippen LogP contribution in [0.25, 0.3) is 0 Å². The van der Waals surface area contributed by atoms with E-state index in [1.165, 1.54) is 0 Å². The molecular weight excluding hydrogens is 302 g/mol. The minimum absolute atomic E-state index is 0.00386. The lowest BCUT2D eigenvalue weighted by atomic mass is 10.0. The van der Waals surface area contributed by atoms with Gasteiger partial charge in [-0.05, 0) is 36.2 Å². The summed E-state index contributed by atoms with van der Waals surface area (Å²) in [7, 11) is 1.66. The van der Waals surface area contributed by atoms with Crippen LogP contribution in [-0.4, -0.2) is 40.7 Å². The summed E-state index contributed by atoms with van der Waals surface area (Å²) in [6.07, 6.45) is 0.677. The number of rotatable bonds is 4. The molecule has 2 aromatic heterocycles. The predicted molar refractivity (Wildman–Crippen MR) is 81.6 cm³/mol. The SMILES string of the molecule is CO[C@H]1C[C@H](c2nc(C)no2)N(C(=O)C(C)c2ccsc2)C1. The first kappa shape index (κ1) is 15.2. The van der Waals surface area contributed by atoms with Crippen LogP contribution in [0.3, 0.4) is 0 Å². The van der Waals surface area contributed by atoms with Crippen LogP contribution < -0.4 is 0 Å². The van der Waals surface area contributed by atoms with Gasteiger partial charge in [-0.1, -0.05) is 5.16 Å². The zero-order valence-corrected chi connectivity index (χ0v) is 13.7. The van der Waals surface area contributed by atoms with E-state index in [1.54, 1.807) is 25.4 Å². The van der Waals surface area contributed by atoms with Gasteiger partial charge in [0.1, 0.15) is 6.04 Å². The summed E-state index contributed by atoms with van der Waals surface area (Å²) < 4.78 is 10.7. The molecule has 1 amide bonds. The Morgan fingerprint density at radius 3 is 3.00 bits per heavy atom. The molecule has 3 rings (SSSR count). The molecule has 0 N–H and O–H groups in total. The highest BCUT2D eigenvalue weighted by Gasteiger charge is 2.41. The molecule has 1 saturated heterocycles. The number of methoxy groups -OCH3 is 1. The fourth-order valence-electron chi connectivity index (χ4n) is 2.81. The van der Waals surface area contributed by atoms with Crippen molar-refractivity contribution in [3.05, 3.63) is 34.1 Å². The molecular formula is C15H19N3O3S. The topological polar surface area (TPSA) is 68.5 Å². The van der Waals surface area contributed by atoms with Gasteiger partial charge in [0.2, 0.25) is 11.8 Å². The van der Waals surface area contributed by atoms with E-state index in [9.17, 15) is 4.79 Å². The normalized spacial score (nSPS) is 23.0. The highest BCUT2D eigenvalue weighted by molar-refractivity contribution is 7.08. The van der Waals surface area contributed by atoms with Crippen molar-refractivity contribution < 1.29 is 14.1 Å². The van der Waals surface area contributed by atoms with Gasteiger partial charge in [0.25, 0.3) is 0 Å². The molecule has 1 aliphatic heterocycles. The first-order chi connectivity index (χ1) is 10.6. The van der Waals surface area contributed by atoms with Gasteiger partial charge in [0.15, 0.2) is 5.82 Å². The first-order valence-corrected chi connectivity index (χ1v) is 8.20. The summed E-state index contributed by atoms with van der Waals surface area (Å²) in [6.45, 7) is 4.26. The van der Waals surface area contributed by atoms with Crippen molar-refractivity contribution in [3.8, 4) is 0 Å². The quantitative estimate of drug-likeness (QED) is 0.865. The Hall–Kier alpha value is -1.73. The molecule has 6 nitrogen and oxygen atoms in total. The molecule has 0 saturated carbocycles. The van der Waals surface area contributed by atoms with Crippen LogP contribution >= 0.6 is 11.3 Å². The summed E-state index contributed by atoms with van der Waals surface area (Å²) in [6, 6.07) is 1.78. The van der Waals surface area contributed by atoms with Gasteiger partial charge in [-0.25, -0.2) is 0 Å². The summed E-state index contributed by atoms with van der Waals surface area (Å²) in [5, 5.41) is 7.84. The van der Waals surface area contributed by atoms with Crippen LogP contribution in [0.1, 0.15) is 42.6 Å². The Morgan fingerprint density at radius 1 is 1.59 bits per heavy atom. The second kappa shape index (κ2) is 6.18. The minimum Gasteiger partial charge on any atom is -0.380 e. The molecule has 1 unspecified atom stereocenters. The number of amides is 1. The zero-order valence-electron chi connectivity index (χ0n) is 12.9. The van der Waals surface area contributed by atoms with E-state index in [0.717, 1.165) is 5.56 Å². The average molecular weight is 321 g/mol. The number of likely N-dealkylation sites (tertiary alicyclic amines) is 1. The Morgan fingerprint density at radius 2 is 2.41 bits per heavy atom. The number of aryl methyl sites for hydroxylation is 1. The highest BCUT2D eigenvalue weighted by Crippen LogP contribution is 2.35. The second-order valence-electron chi connectivity index (χ2n) is 5.56. The largest absolute Gasteiger partial charge is 0.380 e. The second-order valence-corrected chi connectivity index (χ2v) is 6.34. The van der Waals surface area contributed by atoms with Crippen molar-refractivity contribution in [3.63, 3.8) is 0 Å². The van der Waals surface area contributed by atoms with Crippen LogP contribution in [0.2, 0.25) is 0 Å². The lowest BCUT2D eigenvalue weighted by molar-refractivity contribution is -0.134. The molecule has 3 heterocycles. The molecule has 0 spiro atoms. The standard InChI is InChI=1S/C15H19N3O3S/c1-9(11-4-5-22-8-11)15(19)18-7-12(20-3)6-13(18)14-16-10(2)17-21-14/h4-5,8-9,12-13H,6-7H2,1-3H3/t9?,12-,13+/m0/s1. The van der Waals surface area contributed by atoms with Crippen molar-refractivity contribution in [1.29, 1.82) is 0 Å². The van der Waals surface area contributed by atoms with E-state index in [4.69, 9.17) is 9.26 Å². The van der Waals surface area contributed by atoms with Gasteiger partial charge >= 0.3 is 0 Å². The van der Waals surface area contributed by atoms with Crippen molar-refractivity contribution in [2.45, 2.75) is 38.3 Å². The molecule has 2 aromatic rings. The number of hydrogen-bond donors (Lipinski definition) is 0. The maximum absolute atomic E-state index is 12.9.